The van der Waals surface area contributed by atoms with Gasteiger partial charge in [0.15, 0.2) is 0 Å². The van der Waals surface area contributed by atoms with Crippen LogP contribution in [0.4, 0.5) is 5.69 Å². The van der Waals surface area contributed by atoms with Crippen molar-refractivity contribution in [3.8, 4) is 0 Å². The highest BCUT2D eigenvalue weighted by Gasteiger charge is 2.35. The molecule has 1 atom stereocenters. The Hall–Kier alpha value is -1.55. The van der Waals surface area contributed by atoms with E-state index < -0.39 is 0 Å². The first-order valence-electron chi connectivity index (χ1n) is 8.03. The lowest BCUT2D eigenvalue weighted by Gasteiger charge is -2.39. The molecule has 1 aromatic carbocycles. The van der Waals surface area contributed by atoms with Gasteiger partial charge in [0.25, 0.3) is 0 Å². The van der Waals surface area contributed by atoms with Crippen molar-refractivity contribution in [2.24, 2.45) is 0 Å². The number of anilines is 1. The van der Waals surface area contributed by atoms with Gasteiger partial charge in [0.1, 0.15) is 0 Å². The minimum Gasteiger partial charge on any atom is -0.368 e. The standard InChI is InChI=1S/C17H25N3O/c1-3-18-11-14-4-5-15(10-13(14)2)19-8-9-20-16(12-19)6-7-17(20)21/h4-5,10,16,18H,3,6-9,11-12H2,1-2H3. The van der Waals surface area contributed by atoms with Gasteiger partial charge in [-0.05, 0) is 43.1 Å². The molecule has 0 saturated carbocycles. The molecule has 0 aliphatic carbocycles. The van der Waals surface area contributed by atoms with E-state index in [0.717, 1.165) is 45.6 Å². The Balaban J connectivity index is 1.70. The fourth-order valence-corrected chi connectivity index (χ4v) is 3.43. The summed E-state index contributed by atoms with van der Waals surface area (Å²) < 4.78 is 0. The van der Waals surface area contributed by atoms with Crippen molar-refractivity contribution in [3.63, 3.8) is 0 Å². The van der Waals surface area contributed by atoms with E-state index >= 15 is 0 Å². The summed E-state index contributed by atoms with van der Waals surface area (Å²) in [6.07, 6.45) is 1.76. The van der Waals surface area contributed by atoms with Gasteiger partial charge in [0.2, 0.25) is 5.91 Å². The number of fused-ring (bicyclic) bond motifs is 1. The third-order valence-electron chi connectivity index (χ3n) is 4.75. The second-order valence-electron chi connectivity index (χ2n) is 6.12. The zero-order chi connectivity index (χ0) is 14.8. The third kappa shape index (κ3) is 2.91. The number of hydrogen-bond acceptors (Lipinski definition) is 3. The maximum Gasteiger partial charge on any atom is 0.223 e. The predicted molar refractivity (Wildman–Crippen MR) is 85.5 cm³/mol. The van der Waals surface area contributed by atoms with Crippen molar-refractivity contribution in [2.45, 2.75) is 39.3 Å². The number of carbonyl (C=O) groups is 1. The molecule has 1 N–H and O–H groups in total. The van der Waals surface area contributed by atoms with Crippen LogP contribution in [-0.2, 0) is 11.3 Å². The number of piperazine rings is 1. The highest BCUT2D eigenvalue weighted by atomic mass is 16.2. The number of hydrogen-bond donors (Lipinski definition) is 1. The molecule has 2 heterocycles. The van der Waals surface area contributed by atoms with Crippen molar-refractivity contribution in [1.29, 1.82) is 0 Å². The summed E-state index contributed by atoms with van der Waals surface area (Å²) in [5, 5.41) is 3.38. The molecule has 2 aliphatic heterocycles. The van der Waals surface area contributed by atoms with Crippen molar-refractivity contribution >= 4 is 11.6 Å². The number of benzene rings is 1. The number of nitrogens with one attached hydrogen (secondary N) is 1. The fourth-order valence-electron chi connectivity index (χ4n) is 3.43. The SMILES string of the molecule is CCNCc1ccc(N2CCN3C(=O)CCC3C2)cc1C. The number of aryl methyl sites for hydroxylation is 1. The van der Waals surface area contributed by atoms with E-state index in [1.54, 1.807) is 0 Å². The molecule has 21 heavy (non-hydrogen) atoms. The van der Waals surface area contributed by atoms with Crippen LogP contribution in [0.5, 0.6) is 0 Å². The van der Waals surface area contributed by atoms with Crippen LogP contribution in [0.25, 0.3) is 0 Å². The Morgan fingerprint density at radius 2 is 2.19 bits per heavy atom. The molecule has 0 aromatic heterocycles. The van der Waals surface area contributed by atoms with E-state index in [9.17, 15) is 4.79 Å². The Kier molecular flexibility index (Phi) is 4.15. The smallest absolute Gasteiger partial charge is 0.223 e. The Morgan fingerprint density at radius 1 is 1.33 bits per heavy atom. The molecular weight excluding hydrogens is 262 g/mol. The van der Waals surface area contributed by atoms with Crippen LogP contribution in [0, 0.1) is 6.92 Å². The van der Waals surface area contributed by atoms with Crippen molar-refractivity contribution in [3.05, 3.63) is 29.3 Å². The molecule has 1 aromatic rings. The number of rotatable bonds is 4. The molecular formula is C17H25N3O. The molecule has 3 rings (SSSR count). The van der Waals surface area contributed by atoms with E-state index in [1.807, 2.05) is 0 Å². The van der Waals surface area contributed by atoms with E-state index in [1.165, 1.54) is 16.8 Å². The van der Waals surface area contributed by atoms with Gasteiger partial charge in [-0.1, -0.05) is 13.0 Å². The average molecular weight is 287 g/mol. The summed E-state index contributed by atoms with van der Waals surface area (Å²) in [6, 6.07) is 7.18. The van der Waals surface area contributed by atoms with Crippen LogP contribution >= 0.6 is 0 Å². The van der Waals surface area contributed by atoms with Gasteiger partial charge in [-0.25, -0.2) is 0 Å². The second-order valence-corrected chi connectivity index (χ2v) is 6.12. The number of amides is 1. The van der Waals surface area contributed by atoms with E-state index in [0.29, 0.717) is 11.9 Å². The first-order valence-corrected chi connectivity index (χ1v) is 8.03. The summed E-state index contributed by atoms with van der Waals surface area (Å²) in [6.45, 7) is 9.07. The van der Waals surface area contributed by atoms with Crippen molar-refractivity contribution < 1.29 is 4.79 Å². The monoisotopic (exact) mass is 287 g/mol. The van der Waals surface area contributed by atoms with Gasteiger partial charge >= 0.3 is 0 Å². The lowest BCUT2D eigenvalue weighted by molar-refractivity contribution is -0.129. The summed E-state index contributed by atoms with van der Waals surface area (Å²) in [4.78, 5) is 16.3. The Morgan fingerprint density at radius 3 is 2.95 bits per heavy atom. The number of nitrogens with zero attached hydrogens (tertiary/aromatic N) is 2. The van der Waals surface area contributed by atoms with E-state index in [2.05, 4.69) is 47.2 Å². The molecule has 1 unspecified atom stereocenters. The molecule has 0 bridgehead atoms. The largest absolute Gasteiger partial charge is 0.368 e. The van der Waals surface area contributed by atoms with Gasteiger partial charge in [0.05, 0.1) is 0 Å². The average Bonchev–Trinajstić information content (AvgIpc) is 2.87. The second kappa shape index (κ2) is 6.06. The fraction of sp³-hybridized carbons (Fsp3) is 0.588. The summed E-state index contributed by atoms with van der Waals surface area (Å²) in [5.41, 5.74) is 4.01. The Bertz CT molecular complexity index is 529. The van der Waals surface area contributed by atoms with Crippen molar-refractivity contribution in [1.82, 2.24) is 10.2 Å². The molecule has 4 heteroatoms. The minimum absolute atomic E-state index is 0.344. The lowest BCUT2D eigenvalue weighted by atomic mass is 10.1. The third-order valence-corrected chi connectivity index (χ3v) is 4.75. The van der Waals surface area contributed by atoms with Crippen molar-refractivity contribution in [2.75, 3.05) is 31.1 Å². The van der Waals surface area contributed by atoms with Crippen LogP contribution in [0.2, 0.25) is 0 Å². The highest BCUT2D eigenvalue weighted by Crippen LogP contribution is 2.27. The molecule has 4 nitrogen and oxygen atoms in total. The van der Waals surface area contributed by atoms with E-state index in [-0.39, 0.29) is 0 Å². The maximum absolute atomic E-state index is 11.8. The Labute approximate surface area is 127 Å². The van der Waals surface area contributed by atoms with E-state index in [4.69, 9.17) is 0 Å². The maximum atomic E-state index is 11.8. The first kappa shape index (κ1) is 14.4. The predicted octanol–water partition coefficient (Wildman–Crippen LogP) is 1.92. The van der Waals surface area contributed by atoms with Crippen LogP contribution in [0.3, 0.4) is 0 Å². The molecule has 2 saturated heterocycles. The molecule has 0 radical (unpaired) electrons. The van der Waals surface area contributed by atoms with Gasteiger partial charge in [-0.3, -0.25) is 4.79 Å². The molecule has 0 spiro atoms. The number of carbonyl (C=O) groups excluding carboxylic acids is 1. The molecule has 114 valence electrons. The van der Waals surface area contributed by atoms with Gasteiger partial charge in [-0.15, -0.1) is 0 Å². The molecule has 1 amide bonds. The summed E-state index contributed by atoms with van der Waals surface area (Å²) in [5.74, 6) is 0.344. The first-order chi connectivity index (χ1) is 10.2. The lowest BCUT2D eigenvalue weighted by Crippen LogP contribution is -2.51. The summed E-state index contributed by atoms with van der Waals surface area (Å²) >= 11 is 0. The minimum atomic E-state index is 0.344. The van der Waals surface area contributed by atoms with Crippen LogP contribution in [0.15, 0.2) is 18.2 Å². The quantitative estimate of drug-likeness (QED) is 0.919. The molecule has 2 fully saturated rings. The molecule has 2 aliphatic rings. The van der Waals surface area contributed by atoms with Crippen LogP contribution in [-0.4, -0.2) is 43.0 Å². The zero-order valence-corrected chi connectivity index (χ0v) is 13.1. The zero-order valence-electron chi connectivity index (χ0n) is 13.1. The van der Waals surface area contributed by atoms with Gasteiger partial charge in [0, 0.05) is 44.3 Å². The topological polar surface area (TPSA) is 35.6 Å². The normalized spacial score (nSPS) is 21.8. The van der Waals surface area contributed by atoms with Crippen LogP contribution < -0.4 is 10.2 Å². The van der Waals surface area contributed by atoms with Gasteiger partial charge < -0.3 is 15.1 Å². The van der Waals surface area contributed by atoms with Crippen LogP contribution in [0.1, 0.15) is 30.9 Å². The van der Waals surface area contributed by atoms with Gasteiger partial charge in [-0.2, -0.15) is 0 Å². The highest BCUT2D eigenvalue weighted by molar-refractivity contribution is 5.79. The summed E-state index contributed by atoms with van der Waals surface area (Å²) in [7, 11) is 0.